The number of aliphatic hydroxyl groups is 2. The maximum Gasteiger partial charge on any atom is 0.415 e. The van der Waals surface area contributed by atoms with Crippen LogP contribution in [-0.4, -0.2) is 78.5 Å². The van der Waals surface area contributed by atoms with E-state index in [0.29, 0.717) is 17.6 Å². The number of ether oxygens (including phenoxy) is 1. The summed E-state index contributed by atoms with van der Waals surface area (Å²) < 4.78 is 19.7. The van der Waals surface area contributed by atoms with Gasteiger partial charge in [0.15, 0.2) is 12.2 Å². The summed E-state index contributed by atoms with van der Waals surface area (Å²) in [5.41, 5.74) is 1.32. The lowest BCUT2D eigenvalue weighted by molar-refractivity contribution is -0.141. The molecule has 10 heteroatoms. The molecule has 3 rings (SSSR count). The van der Waals surface area contributed by atoms with Gasteiger partial charge < -0.3 is 25.2 Å². The largest absolute Gasteiger partial charge is 0.434 e. The SMILES string of the molecule is CNC(=O)[C@H]1CN(c2ccc(C3=CCN(C(=O)C(O)CO)CC3)c(F)c2)C(=O)O1. The normalized spacial score (nSPS) is 20.2. The molecule has 1 saturated heterocycles. The van der Waals surface area contributed by atoms with Gasteiger partial charge in [-0.15, -0.1) is 0 Å². The lowest BCUT2D eigenvalue weighted by Gasteiger charge is -2.28. The van der Waals surface area contributed by atoms with Gasteiger partial charge >= 0.3 is 6.09 Å². The van der Waals surface area contributed by atoms with E-state index in [2.05, 4.69) is 5.32 Å². The number of amides is 3. The Morgan fingerprint density at radius 3 is 2.76 bits per heavy atom. The third-order valence-electron chi connectivity index (χ3n) is 4.94. The number of likely N-dealkylation sites (N-methyl/N-ethyl adjacent to an activating group) is 1. The van der Waals surface area contributed by atoms with Crippen molar-refractivity contribution in [3.8, 4) is 0 Å². The lowest BCUT2D eigenvalue weighted by atomic mass is 9.98. The first-order valence-electron chi connectivity index (χ1n) is 9.12. The first-order valence-corrected chi connectivity index (χ1v) is 9.12. The summed E-state index contributed by atoms with van der Waals surface area (Å²) in [6.45, 7) is -0.181. The van der Waals surface area contributed by atoms with Crippen LogP contribution in [-0.2, 0) is 14.3 Å². The van der Waals surface area contributed by atoms with E-state index in [1.807, 2.05) is 0 Å². The minimum atomic E-state index is -1.46. The van der Waals surface area contributed by atoms with Crippen LogP contribution < -0.4 is 10.2 Å². The lowest BCUT2D eigenvalue weighted by Crippen LogP contribution is -2.42. The predicted octanol–water partition coefficient (Wildman–Crippen LogP) is -0.134. The molecular formula is C19H22FN3O6. The first-order chi connectivity index (χ1) is 13.8. The molecule has 2 aliphatic heterocycles. The molecule has 1 aromatic rings. The maximum absolute atomic E-state index is 14.7. The second-order valence-corrected chi connectivity index (χ2v) is 6.72. The van der Waals surface area contributed by atoms with Crippen LogP contribution in [0.1, 0.15) is 12.0 Å². The van der Waals surface area contributed by atoms with Crippen LogP contribution >= 0.6 is 0 Å². The maximum atomic E-state index is 14.7. The number of hydrogen-bond acceptors (Lipinski definition) is 6. The van der Waals surface area contributed by atoms with Crippen LogP contribution in [0.25, 0.3) is 5.57 Å². The highest BCUT2D eigenvalue weighted by Crippen LogP contribution is 2.29. The zero-order valence-corrected chi connectivity index (χ0v) is 15.8. The number of anilines is 1. The minimum Gasteiger partial charge on any atom is -0.434 e. The standard InChI is InChI=1S/C19H22FN3O6/c1-21-17(26)16-9-23(19(28)29-16)12-2-3-13(14(20)8-12)11-4-6-22(7-5-11)18(27)15(25)10-24/h2-4,8,15-16,24-25H,5-7,9-10H2,1H3,(H,21,26)/t15?,16-/m1/s1. The summed E-state index contributed by atoms with van der Waals surface area (Å²) in [7, 11) is 1.43. The zero-order valence-electron chi connectivity index (χ0n) is 15.8. The molecule has 3 amide bonds. The van der Waals surface area contributed by atoms with Gasteiger partial charge in [0.1, 0.15) is 5.82 Å². The monoisotopic (exact) mass is 407 g/mol. The van der Waals surface area contributed by atoms with Crippen molar-refractivity contribution in [1.82, 2.24) is 10.2 Å². The highest BCUT2D eigenvalue weighted by molar-refractivity contribution is 5.95. The average molecular weight is 407 g/mol. The Kier molecular flexibility index (Phi) is 6.14. The molecule has 2 aliphatic rings. The van der Waals surface area contributed by atoms with Crippen molar-refractivity contribution in [1.29, 1.82) is 0 Å². The molecule has 3 N–H and O–H groups in total. The Labute approximate surface area is 166 Å². The molecule has 1 fully saturated rings. The van der Waals surface area contributed by atoms with Gasteiger partial charge in [-0.05, 0) is 30.2 Å². The molecule has 9 nitrogen and oxygen atoms in total. The molecule has 0 radical (unpaired) electrons. The Morgan fingerprint density at radius 2 is 2.17 bits per heavy atom. The van der Waals surface area contributed by atoms with Crippen molar-refractivity contribution in [2.24, 2.45) is 0 Å². The summed E-state index contributed by atoms with van der Waals surface area (Å²) >= 11 is 0. The number of hydrogen-bond donors (Lipinski definition) is 3. The first kappa shape index (κ1) is 20.7. The fourth-order valence-corrected chi connectivity index (χ4v) is 3.31. The second kappa shape index (κ2) is 8.58. The predicted molar refractivity (Wildman–Crippen MR) is 100 cm³/mol. The van der Waals surface area contributed by atoms with Crippen molar-refractivity contribution in [3.63, 3.8) is 0 Å². The van der Waals surface area contributed by atoms with E-state index in [1.54, 1.807) is 12.1 Å². The fraction of sp³-hybridized carbons (Fsp3) is 0.421. The average Bonchev–Trinajstić information content (AvgIpc) is 3.13. The topological polar surface area (TPSA) is 119 Å². The van der Waals surface area contributed by atoms with Crippen LogP contribution in [0.5, 0.6) is 0 Å². The van der Waals surface area contributed by atoms with Gasteiger partial charge in [-0.3, -0.25) is 14.5 Å². The summed E-state index contributed by atoms with van der Waals surface area (Å²) in [6.07, 6.45) is -1.06. The van der Waals surface area contributed by atoms with Crippen molar-refractivity contribution in [2.75, 3.05) is 38.2 Å². The van der Waals surface area contributed by atoms with Crippen LogP contribution in [0.15, 0.2) is 24.3 Å². The summed E-state index contributed by atoms with van der Waals surface area (Å²) in [6, 6.07) is 4.31. The van der Waals surface area contributed by atoms with Gasteiger partial charge in [-0.25, -0.2) is 9.18 Å². The molecular weight excluding hydrogens is 385 g/mol. The Bertz CT molecular complexity index is 858. The number of nitrogens with zero attached hydrogens (tertiary/aromatic N) is 2. The van der Waals surface area contributed by atoms with Gasteiger partial charge in [0.05, 0.1) is 18.8 Å². The summed E-state index contributed by atoms with van der Waals surface area (Å²) in [5.74, 6) is -1.55. The third kappa shape index (κ3) is 4.22. The highest BCUT2D eigenvalue weighted by atomic mass is 19.1. The highest BCUT2D eigenvalue weighted by Gasteiger charge is 2.36. The molecule has 0 saturated carbocycles. The number of benzene rings is 1. The summed E-state index contributed by atoms with van der Waals surface area (Å²) in [4.78, 5) is 38.1. The van der Waals surface area contributed by atoms with E-state index in [4.69, 9.17) is 9.84 Å². The number of carbonyl (C=O) groups excluding carboxylic acids is 3. The van der Waals surface area contributed by atoms with Crippen LogP contribution in [0, 0.1) is 5.82 Å². The Balaban J connectivity index is 1.72. The Morgan fingerprint density at radius 1 is 1.41 bits per heavy atom. The molecule has 2 atom stereocenters. The van der Waals surface area contributed by atoms with E-state index in [-0.39, 0.29) is 25.3 Å². The van der Waals surface area contributed by atoms with Gasteiger partial charge in [-0.2, -0.15) is 0 Å². The van der Waals surface area contributed by atoms with Gasteiger partial charge in [0.25, 0.3) is 11.8 Å². The number of carbonyl (C=O) groups is 3. The van der Waals surface area contributed by atoms with Crippen molar-refractivity contribution in [2.45, 2.75) is 18.6 Å². The molecule has 0 bridgehead atoms. The molecule has 1 unspecified atom stereocenters. The molecule has 156 valence electrons. The van der Waals surface area contributed by atoms with Gasteiger partial charge in [-0.1, -0.05) is 6.08 Å². The number of cyclic esters (lactones) is 1. The smallest absolute Gasteiger partial charge is 0.415 e. The molecule has 29 heavy (non-hydrogen) atoms. The van der Waals surface area contributed by atoms with E-state index >= 15 is 0 Å². The minimum absolute atomic E-state index is 0.00968. The van der Waals surface area contributed by atoms with Gasteiger partial charge in [0, 0.05) is 25.7 Å². The van der Waals surface area contributed by atoms with Crippen molar-refractivity contribution in [3.05, 3.63) is 35.7 Å². The van der Waals surface area contributed by atoms with E-state index in [9.17, 15) is 23.9 Å². The van der Waals surface area contributed by atoms with Crippen LogP contribution in [0.3, 0.4) is 0 Å². The zero-order chi connectivity index (χ0) is 21.1. The molecule has 1 aromatic carbocycles. The molecule has 0 aliphatic carbocycles. The number of rotatable bonds is 5. The molecule has 0 aromatic heterocycles. The van der Waals surface area contributed by atoms with Crippen molar-refractivity contribution < 1.29 is 33.7 Å². The summed E-state index contributed by atoms with van der Waals surface area (Å²) in [5, 5.41) is 20.7. The van der Waals surface area contributed by atoms with Crippen LogP contribution in [0.4, 0.5) is 14.9 Å². The van der Waals surface area contributed by atoms with Crippen molar-refractivity contribution >= 4 is 29.2 Å². The molecule has 2 heterocycles. The Hall–Kier alpha value is -2.98. The van der Waals surface area contributed by atoms with Crippen LogP contribution in [0.2, 0.25) is 0 Å². The second-order valence-electron chi connectivity index (χ2n) is 6.72. The number of aliphatic hydroxyl groups excluding tert-OH is 2. The van der Waals surface area contributed by atoms with E-state index < -0.39 is 42.5 Å². The van der Waals surface area contributed by atoms with E-state index in [1.165, 1.54) is 29.0 Å². The fourth-order valence-electron chi connectivity index (χ4n) is 3.31. The quantitative estimate of drug-likeness (QED) is 0.625. The van der Waals surface area contributed by atoms with Gasteiger partial charge in [0.2, 0.25) is 0 Å². The molecule has 0 spiro atoms. The van der Waals surface area contributed by atoms with E-state index in [0.717, 1.165) is 0 Å². The number of nitrogens with one attached hydrogen (secondary N) is 1. The third-order valence-corrected chi connectivity index (χ3v) is 4.94. The number of halogens is 1.